The van der Waals surface area contributed by atoms with Crippen LogP contribution in [0.4, 0.5) is 23.4 Å². The normalized spacial score (nSPS) is 12.5. The van der Waals surface area contributed by atoms with Crippen molar-refractivity contribution in [3.8, 4) is 23.5 Å². The zero-order valence-electron chi connectivity index (χ0n) is 81.1. The molecule has 16 nitrogen and oxygen atoms in total. The highest BCUT2D eigenvalue weighted by Crippen LogP contribution is 2.35. The van der Waals surface area contributed by atoms with Gasteiger partial charge in [0.25, 0.3) is 0 Å². The lowest BCUT2D eigenvalue weighted by molar-refractivity contribution is -0.141. The van der Waals surface area contributed by atoms with Crippen molar-refractivity contribution in [3.63, 3.8) is 0 Å². The monoisotopic (exact) mass is 1770 g/mol. The van der Waals surface area contributed by atoms with Crippen molar-refractivity contribution < 1.29 is 41.2 Å². The molecule has 0 aromatic carbocycles. The van der Waals surface area contributed by atoms with Crippen LogP contribution in [0.1, 0.15) is 281 Å². The highest BCUT2D eigenvalue weighted by atomic mass is 35.5. The van der Waals surface area contributed by atoms with Gasteiger partial charge in [0.2, 0.25) is 23.5 Å². The van der Waals surface area contributed by atoms with Crippen molar-refractivity contribution in [2.24, 2.45) is 0 Å². The van der Waals surface area contributed by atoms with Crippen LogP contribution in [0.15, 0.2) is 171 Å². The Morgan fingerprint density at radius 1 is 0.339 bits per heavy atom. The summed E-state index contributed by atoms with van der Waals surface area (Å²) in [6.45, 7) is 71.2. The smallest absolute Gasteiger partial charge is 0.433 e. The summed E-state index contributed by atoms with van der Waals surface area (Å²) >= 11 is 17.4. The van der Waals surface area contributed by atoms with E-state index in [0.29, 0.717) is 33.0 Å². The van der Waals surface area contributed by atoms with Crippen molar-refractivity contribution in [1.82, 2.24) is 49.8 Å². The second-order valence-electron chi connectivity index (χ2n) is 40.2. The van der Waals surface area contributed by atoms with Crippen LogP contribution in [-0.4, -0.2) is 105 Å². The van der Waals surface area contributed by atoms with Crippen LogP contribution >= 0.6 is 34.8 Å². The molecule has 0 N–H and O–H groups in total. The molecule has 1 fully saturated rings. The van der Waals surface area contributed by atoms with Gasteiger partial charge in [-0.25, -0.2) is 29.3 Å². The van der Waals surface area contributed by atoms with Crippen molar-refractivity contribution in [2.45, 2.75) is 282 Å². The maximum absolute atomic E-state index is 12.4. The lowest BCUT2D eigenvalue weighted by atomic mass is 9.88. The Bertz CT molecular complexity index is 4550. The van der Waals surface area contributed by atoms with Gasteiger partial charge in [-0.2, -0.15) is 18.2 Å². The molecule has 0 amide bonds. The zero-order valence-corrected chi connectivity index (χ0v) is 83.4. The van der Waals surface area contributed by atoms with E-state index in [4.69, 9.17) is 58.5 Å². The number of pyridine rings is 10. The van der Waals surface area contributed by atoms with Crippen molar-refractivity contribution in [2.75, 3.05) is 59.6 Å². The maximum Gasteiger partial charge on any atom is 0.433 e. The largest absolute Gasteiger partial charge is 0.481 e. The molecule has 11 heterocycles. The van der Waals surface area contributed by atoms with Crippen LogP contribution in [0.5, 0.6) is 23.5 Å². The van der Waals surface area contributed by atoms with Crippen LogP contribution in [0, 0.1) is 19.7 Å². The van der Waals surface area contributed by atoms with E-state index in [1.165, 1.54) is 52.3 Å². The molecule has 10 aromatic heterocycles. The molecule has 0 saturated carbocycles. The van der Waals surface area contributed by atoms with E-state index in [-0.39, 0.29) is 60.0 Å². The molecule has 124 heavy (non-hydrogen) atoms. The first-order valence-corrected chi connectivity index (χ1v) is 42.8. The van der Waals surface area contributed by atoms with Crippen molar-refractivity contribution >= 4 is 40.6 Å². The Labute approximate surface area is 757 Å². The van der Waals surface area contributed by atoms with Gasteiger partial charge in [0, 0.05) is 119 Å². The molecular weight excluding hydrogens is 1630 g/mol. The first-order valence-electron chi connectivity index (χ1n) is 41.6. The summed E-state index contributed by atoms with van der Waals surface area (Å²) in [6.07, 6.45) is 10.9. The van der Waals surface area contributed by atoms with E-state index < -0.39 is 11.9 Å². The first-order chi connectivity index (χ1) is 56.8. The fourth-order valence-corrected chi connectivity index (χ4v) is 11.2. The highest BCUT2D eigenvalue weighted by molar-refractivity contribution is 6.32. The first kappa shape index (κ1) is 111. The van der Waals surface area contributed by atoms with Crippen molar-refractivity contribution in [3.05, 3.63) is 265 Å². The Morgan fingerprint density at radius 3 is 1.13 bits per heavy atom. The number of anilines is 1. The van der Waals surface area contributed by atoms with Gasteiger partial charge >= 0.3 is 6.18 Å². The number of aryl methyl sites for hydroxylation is 2. The number of nitrogens with zero attached hydrogens (tertiary/aromatic N) is 11. The van der Waals surface area contributed by atoms with Crippen LogP contribution in [0.25, 0.3) is 0 Å². The van der Waals surface area contributed by atoms with Crippen LogP contribution in [0.3, 0.4) is 0 Å². The van der Waals surface area contributed by atoms with Gasteiger partial charge in [-0.1, -0.05) is 279 Å². The topological polar surface area (TPSA) is 178 Å². The van der Waals surface area contributed by atoms with Crippen molar-refractivity contribution in [1.29, 1.82) is 0 Å². The minimum atomic E-state index is -4.35. The van der Waals surface area contributed by atoms with Gasteiger partial charge in [-0.05, 0) is 157 Å². The Kier molecular flexibility index (Phi) is 43.6. The SMILES string of the molecule is CC(C)(C)c1cc(Cl)cnc1Cl.CC(C)(C)c1ccc(C(F)(F)F)nc1.CC(C)(C)c1ccc(Cl)nc1.CC(C)(C)c1ccc(F)cn1.CC(C)(C)c1ccc(N2CCOCC2)nc1.COc1ccc(C(C)(C)C)c(OC)n1.COc1ccc(C(C)(C)C)cn1.COc1ncccc1C(C)(C)C.Cc1ccc(C(C)(C)C)nc1.Cc1ccnc(C(C)(C)C)c1. The fourth-order valence-electron chi connectivity index (χ4n) is 10.6. The maximum atomic E-state index is 12.4. The third kappa shape index (κ3) is 41.9. The van der Waals surface area contributed by atoms with E-state index in [0.717, 1.165) is 83.4 Å². The molecule has 682 valence electrons. The molecule has 1 saturated heterocycles. The molecule has 11 rings (SSSR count). The number of hydrogen-bond acceptors (Lipinski definition) is 16. The van der Waals surface area contributed by atoms with Crippen LogP contribution < -0.4 is 23.8 Å². The van der Waals surface area contributed by atoms with E-state index >= 15 is 0 Å². The average molecular weight is 1770 g/mol. The number of rotatable bonds is 5. The molecule has 10 aromatic rings. The molecular formula is C101H144Cl3F4N11O5. The minimum absolute atomic E-state index is 0.00498. The fraction of sp³-hybridized carbons (Fsp3) is 0.505. The van der Waals surface area contributed by atoms with Crippen LogP contribution in [-0.2, 0) is 65.1 Å². The molecule has 23 heteroatoms. The summed E-state index contributed by atoms with van der Waals surface area (Å²) in [5.74, 6) is 3.40. The highest BCUT2D eigenvalue weighted by Gasteiger charge is 2.33. The molecule has 0 atom stereocenters. The second kappa shape index (κ2) is 48.7. The molecule has 0 spiro atoms. The number of methoxy groups -OCH3 is 4. The third-order valence-corrected chi connectivity index (χ3v) is 19.3. The molecule has 1 aliphatic heterocycles. The predicted molar refractivity (Wildman–Crippen MR) is 508 cm³/mol. The summed E-state index contributed by atoms with van der Waals surface area (Å²) < 4.78 is 74.6. The van der Waals surface area contributed by atoms with E-state index in [2.05, 4.69) is 265 Å². The molecule has 0 aliphatic carbocycles. The van der Waals surface area contributed by atoms with E-state index in [1.807, 2.05) is 133 Å². The average Bonchev–Trinajstić information content (AvgIpc) is 0.857. The number of ether oxygens (including phenoxy) is 5. The van der Waals surface area contributed by atoms with E-state index in [1.54, 1.807) is 46.9 Å². The zero-order chi connectivity index (χ0) is 95.0. The summed E-state index contributed by atoms with van der Waals surface area (Å²) in [4.78, 5) is 43.3. The number of hydrogen-bond donors (Lipinski definition) is 0. The Balaban J connectivity index is 0.000000468. The Morgan fingerprint density at radius 2 is 0.774 bits per heavy atom. The van der Waals surface area contributed by atoms with E-state index in [9.17, 15) is 17.6 Å². The number of morpholine rings is 1. The summed E-state index contributed by atoms with van der Waals surface area (Å²) in [6, 6.07) is 35.7. The molecule has 0 bridgehead atoms. The summed E-state index contributed by atoms with van der Waals surface area (Å²) in [5, 5.41) is 1.72. The van der Waals surface area contributed by atoms with Gasteiger partial charge in [0.05, 0.1) is 52.9 Å². The lowest BCUT2D eigenvalue weighted by Crippen LogP contribution is -2.36. The molecule has 0 radical (unpaired) electrons. The van der Waals surface area contributed by atoms with Gasteiger partial charge in [0.15, 0.2) is 0 Å². The summed E-state index contributed by atoms with van der Waals surface area (Å²) in [5.41, 5.74) is 13.4. The molecule has 0 unspecified atom stereocenters. The van der Waals surface area contributed by atoms with Crippen LogP contribution in [0.2, 0.25) is 15.3 Å². The second-order valence-corrected chi connectivity index (χ2v) is 41.3. The summed E-state index contributed by atoms with van der Waals surface area (Å²) in [7, 11) is 6.49. The standard InChI is InChI=1S/C13H20N2O.C11H17NO2.C10H12F3N.2C10H15NO.2C10H15N.C9H11Cl2N.C9H12ClN.C9H12FN/c1-13(2,3)11-4-5-12(14-10-11)15-6-8-16-9-7-15;1-11(2,3)8-6-7-9(13-4)12-10(8)14-5;1-9(2,3)7-4-5-8(14-6-7)10(11,12)13;1-10(2,3)8-5-6-9(12-4)11-7-8;1-10(2,3)8-6-5-7-11-9(8)12-4;1-8-5-6-11-9(7-8)10(2,3)4;1-8-5-6-9(11-7-8)10(2,3)4;1-9(2,3)7-4-6(10)5-12-8(7)11;1-9(2,3)7-4-5-8(10)11-6-7;1-9(2,3)8-5-4-7(10)6-11-8/h4-5,10H,6-9H2,1-3H3;6-7H,1-5H3;4-6H,1-3H3;2*5-7H,1-4H3;2*5-7H,1-4H3;4-5H,1-3H3;2*4-6H,1-3H3. The Hall–Kier alpha value is -8.95. The number of alkyl halides is 3. The predicted octanol–water partition coefficient (Wildman–Crippen LogP) is 27.4. The molecule has 1 aliphatic rings. The van der Waals surface area contributed by atoms with Gasteiger partial charge in [0.1, 0.15) is 27.6 Å². The third-order valence-electron chi connectivity index (χ3n) is 18.6. The quantitative estimate of drug-likeness (QED) is 0.117. The number of aromatic nitrogens is 10. The number of halogens is 7. The van der Waals surface area contributed by atoms with Gasteiger partial charge in [-0.15, -0.1) is 0 Å². The minimum Gasteiger partial charge on any atom is -0.481 e. The van der Waals surface area contributed by atoms with Gasteiger partial charge in [-0.3, -0.25) is 19.9 Å². The lowest BCUT2D eigenvalue weighted by Gasteiger charge is -2.28. The van der Waals surface area contributed by atoms with Gasteiger partial charge < -0.3 is 28.6 Å².